The molecular formula is C13H21N3O. The third-order valence-electron chi connectivity index (χ3n) is 3.87. The first-order valence-corrected chi connectivity index (χ1v) is 6.74. The average molecular weight is 235 g/mol. The quantitative estimate of drug-likeness (QED) is 0.867. The Morgan fingerprint density at radius 3 is 3.18 bits per heavy atom. The third-order valence-corrected chi connectivity index (χ3v) is 3.87. The minimum Gasteiger partial charge on any atom is -0.381 e. The fourth-order valence-electron chi connectivity index (χ4n) is 2.94. The standard InChI is InChI=1S/C13H21N3O/c1-4-12(15-5-1)13-7-14-10-16(13)8-11-3-2-6-17-9-11/h7,10-12,15H,1-6,8-9H2/t11?,12-/m0/s1. The second-order valence-corrected chi connectivity index (χ2v) is 5.20. The zero-order valence-electron chi connectivity index (χ0n) is 10.3. The maximum atomic E-state index is 5.55. The highest BCUT2D eigenvalue weighted by Gasteiger charge is 2.21. The van der Waals surface area contributed by atoms with Crippen molar-refractivity contribution >= 4 is 0 Å². The van der Waals surface area contributed by atoms with E-state index < -0.39 is 0 Å². The van der Waals surface area contributed by atoms with Crippen molar-refractivity contribution in [2.24, 2.45) is 5.92 Å². The van der Waals surface area contributed by atoms with E-state index in [1.807, 2.05) is 12.5 Å². The SMILES string of the molecule is c1ncn(CC2CCCOC2)c1[C@@H]1CCCN1. The van der Waals surface area contributed by atoms with Crippen molar-refractivity contribution in [1.82, 2.24) is 14.9 Å². The van der Waals surface area contributed by atoms with Crippen LogP contribution in [0.2, 0.25) is 0 Å². The minimum absolute atomic E-state index is 0.516. The Kier molecular flexibility index (Phi) is 3.43. The summed E-state index contributed by atoms with van der Waals surface area (Å²) >= 11 is 0. The highest BCUT2D eigenvalue weighted by Crippen LogP contribution is 2.24. The van der Waals surface area contributed by atoms with Crippen LogP contribution in [0.4, 0.5) is 0 Å². The predicted octanol–water partition coefficient (Wildman–Crippen LogP) is 1.73. The maximum absolute atomic E-state index is 5.55. The van der Waals surface area contributed by atoms with Crippen LogP contribution in [0.15, 0.2) is 12.5 Å². The van der Waals surface area contributed by atoms with Gasteiger partial charge in [0.15, 0.2) is 0 Å². The highest BCUT2D eigenvalue weighted by molar-refractivity contribution is 5.07. The van der Waals surface area contributed by atoms with Gasteiger partial charge in [-0.15, -0.1) is 0 Å². The predicted molar refractivity (Wildman–Crippen MR) is 65.7 cm³/mol. The van der Waals surface area contributed by atoms with E-state index >= 15 is 0 Å². The topological polar surface area (TPSA) is 39.1 Å². The van der Waals surface area contributed by atoms with Crippen molar-refractivity contribution < 1.29 is 4.74 Å². The van der Waals surface area contributed by atoms with Gasteiger partial charge in [0.25, 0.3) is 0 Å². The van der Waals surface area contributed by atoms with Crippen LogP contribution in [0.25, 0.3) is 0 Å². The normalized spacial score (nSPS) is 29.6. The number of aromatic nitrogens is 2. The van der Waals surface area contributed by atoms with Gasteiger partial charge >= 0.3 is 0 Å². The molecule has 0 spiro atoms. The molecule has 1 unspecified atom stereocenters. The second kappa shape index (κ2) is 5.19. The summed E-state index contributed by atoms with van der Waals surface area (Å²) in [6.07, 6.45) is 9.01. The number of rotatable bonds is 3. The monoisotopic (exact) mass is 235 g/mol. The maximum Gasteiger partial charge on any atom is 0.0948 e. The molecule has 3 heterocycles. The molecule has 0 amide bonds. The zero-order valence-corrected chi connectivity index (χ0v) is 10.3. The fourth-order valence-corrected chi connectivity index (χ4v) is 2.94. The Morgan fingerprint density at radius 2 is 2.41 bits per heavy atom. The Bertz CT molecular complexity index is 351. The van der Waals surface area contributed by atoms with Crippen molar-refractivity contribution in [2.75, 3.05) is 19.8 Å². The molecule has 17 heavy (non-hydrogen) atoms. The molecule has 2 atom stereocenters. The van der Waals surface area contributed by atoms with Crippen LogP contribution in [0, 0.1) is 5.92 Å². The number of imidazole rings is 1. The molecule has 2 fully saturated rings. The lowest BCUT2D eigenvalue weighted by molar-refractivity contribution is 0.0479. The largest absolute Gasteiger partial charge is 0.381 e. The van der Waals surface area contributed by atoms with Crippen molar-refractivity contribution in [2.45, 2.75) is 38.3 Å². The van der Waals surface area contributed by atoms with Crippen molar-refractivity contribution in [1.29, 1.82) is 0 Å². The molecule has 2 aliphatic rings. The molecule has 0 aliphatic carbocycles. The third kappa shape index (κ3) is 2.53. The van der Waals surface area contributed by atoms with E-state index in [1.54, 1.807) is 0 Å². The molecule has 1 aromatic rings. The molecule has 0 aromatic carbocycles. The van der Waals surface area contributed by atoms with Crippen LogP contribution in [-0.2, 0) is 11.3 Å². The summed E-state index contributed by atoms with van der Waals surface area (Å²) in [5, 5.41) is 3.54. The van der Waals surface area contributed by atoms with E-state index in [0.29, 0.717) is 12.0 Å². The molecule has 2 saturated heterocycles. The lowest BCUT2D eigenvalue weighted by Crippen LogP contribution is -2.24. The van der Waals surface area contributed by atoms with Crippen LogP contribution in [0.3, 0.4) is 0 Å². The number of ether oxygens (including phenoxy) is 1. The number of hydrogen-bond acceptors (Lipinski definition) is 3. The molecule has 0 bridgehead atoms. The lowest BCUT2D eigenvalue weighted by atomic mass is 10.0. The first-order valence-electron chi connectivity index (χ1n) is 6.74. The van der Waals surface area contributed by atoms with Gasteiger partial charge < -0.3 is 14.6 Å². The lowest BCUT2D eigenvalue weighted by Gasteiger charge is -2.24. The summed E-state index contributed by atoms with van der Waals surface area (Å²) in [5.74, 6) is 0.665. The van der Waals surface area contributed by atoms with E-state index in [9.17, 15) is 0 Å². The first kappa shape index (κ1) is 11.2. The molecule has 1 N–H and O–H groups in total. The summed E-state index contributed by atoms with van der Waals surface area (Å²) in [4.78, 5) is 4.31. The second-order valence-electron chi connectivity index (χ2n) is 5.20. The van der Waals surface area contributed by atoms with Gasteiger partial charge in [-0.1, -0.05) is 0 Å². The van der Waals surface area contributed by atoms with Gasteiger partial charge in [-0.05, 0) is 32.2 Å². The number of hydrogen-bond donors (Lipinski definition) is 1. The van der Waals surface area contributed by atoms with Crippen LogP contribution >= 0.6 is 0 Å². The molecular weight excluding hydrogens is 214 g/mol. The first-order chi connectivity index (χ1) is 8.43. The van der Waals surface area contributed by atoms with E-state index in [-0.39, 0.29) is 0 Å². The van der Waals surface area contributed by atoms with Gasteiger partial charge in [-0.3, -0.25) is 0 Å². The summed E-state index contributed by atoms with van der Waals surface area (Å²) < 4.78 is 7.87. The van der Waals surface area contributed by atoms with Crippen LogP contribution in [0.5, 0.6) is 0 Å². The van der Waals surface area contributed by atoms with E-state index in [2.05, 4.69) is 14.9 Å². The highest BCUT2D eigenvalue weighted by atomic mass is 16.5. The van der Waals surface area contributed by atoms with Gasteiger partial charge in [-0.2, -0.15) is 0 Å². The van der Waals surface area contributed by atoms with Crippen molar-refractivity contribution in [3.05, 3.63) is 18.2 Å². The Hall–Kier alpha value is -0.870. The molecule has 4 nitrogen and oxygen atoms in total. The summed E-state index contributed by atoms with van der Waals surface area (Å²) in [6, 6.07) is 0.516. The Morgan fingerprint density at radius 1 is 1.41 bits per heavy atom. The van der Waals surface area contributed by atoms with Crippen LogP contribution < -0.4 is 5.32 Å². The Labute approximate surface area is 102 Å². The smallest absolute Gasteiger partial charge is 0.0948 e. The molecule has 3 rings (SSSR count). The minimum atomic E-state index is 0.516. The number of nitrogens with one attached hydrogen (secondary N) is 1. The fraction of sp³-hybridized carbons (Fsp3) is 0.769. The molecule has 4 heteroatoms. The van der Waals surface area contributed by atoms with Crippen molar-refractivity contribution in [3.8, 4) is 0 Å². The van der Waals surface area contributed by atoms with Gasteiger partial charge in [0.05, 0.1) is 18.6 Å². The summed E-state index contributed by atoms with van der Waals surface area (Å²) in [5.41, 5.74) is 1.35. The summed E-state index contributed by atoms with van der Waals surface area (Å²) in [6.45, 7) is 4.06. The summed E-state index contributed by atoms with van der Waals surface area (Å²) in [7, 11) is 0. The number of nitrogens with zero attached hydrogens (tertiary/aromatic N) is 2. The van der Waals surface area contributed by atoms with Crippen molar-refractivity contribution in [3.63, 3.8) is 0 Å². The van der Waals surface area contributed by atoms with E-state index in [1.165, 1.54) is 31.4 Å². The van der Waals surface area contributed by atoms with Gasteiger partial charge in [0.2, 0.25) is 0 Å². The Balaban J connectivity index is 1.67. The molecule has 2 aliphatic heterocycles. The van der Waals surface area contributed by atoms with Gasteiger partial charge in [-0.25, -0.2) is 4.98 Å². The van der Waals surface area contributed by atoms with Crippen LogP contribution in [0.1, 0.15) is 37.4 Å². The van der Waals surface area contributed by atoms with Gasteiger partial charge in [0, 0.05) is 31.3 Å². The average Bonchev–Trinajstić information content (AvgIpc) is 3.00. The molecule has 94 valence electrons. The molecule has 0 radical (unpaired) electrons. The van der Waals surface area contributed by atoms with E-state index in [0.717, 1.165) is 26.3 Å². The molecule has 1 aromatic heterocycles. The zero-order chi connectivity index (χ0) is 11.5. The van der Waals surface area contributed by atoms with Gasteiger partial charge in [0.1, 0.15) is 0 Å². The van der Waals surface area contributed by atoms with E-state index in [4.69, 9.17) is 4.74 Å². The van der Waals surface area contributed by atoms with Crippen LogP contribution in [-0.4, -0.2) is 29.3 Å². The molecule has 0 saturated carbocycles.